The second-order valence-electron chi connectivity index (χ2n) is 4.54. The number of likely N-dealkylation sites (tertiary alicyclic amines) is 1. The minimum Gasteiger partial charge on any atom is -0.371 e. The number of rotatable bonds is 1. The number of carbonyl (C=O) groups excluding carboxylic acids is 1. The van der Waals surface area contributed by atoms with E-state index in [9.17, 15) is 9.18 Å². The van der Waals surface area contributed by atoms with Gasteiger partial charge in [-0.2, -0.15) is 4.39 Å². The number of fused-ring (bicyclic) bond motifs is 2. The number of nitrogens with zero attached hydrogens (tertiary/aromatic N) is 2. The molecule has 4 nitrogen and oxygen atoms in total. The highest BCUT2D eigenvalue weighted by molar-refractivity contribution is 5.94. The average molecular weight is 236 g/mol. The SMILES string of the molecule is O=C(c1ccc(F)nc1)N1CC2CCC(C1)O2. The number of ether oxygens (including phenoxy) is 1. The van der Waals surface area contributed by atoms with Crippen molar-refractivity contribution in [1.29, 1.82) is 0 Å². The zero-order valence-electron chi connectivity index (χ0n) is 9.30. The van der Waals surface area contributed by atoms with Crippen molar-refractivity contribution in [3.63, 3.8) is 0 Å². The molecule has 2 saturated heterocycles. The van der Waals surface area contributed by atoms with Crippen LogP contribution < -0.4 is 0 Å². The van der Waals surface area contributed by atoms with Gasteiger partial charge >= 0.3 is 0 Å². The van der Waals surface area contributed by atoms with Gasteiger partial charge in [0.05, 0.1) is 17.8 Å². The highest BCUT2D eigenvalue weighted by Gasteiger charge is 2.35. The fraction of sp³-hybridized carbons (Fsp3) is 0.500. The van der Waals surface area contributed by atoms with Crippen LogP contribution in [0.3, 0.4) is 0 Å². The van der Waals surface area contributed by atoms with Crippen LogP contribution >= 0.6 is 0 Å². The maximum absolute atomic E-state index is 12.7. The standard InChI is InChI=1S/C12H13FN2O2/c13-11-4-1-8(5-14-11)12(16)15-6-9-2-3-10(7-15)17-9/h1,4-5,9-10H,2-3,6-7H2. The van der Waals surface area contributed by atoms with Crippen LogP contribution in [0.5, 0.6) is 0 Å². The lowest BCUT2D eigenvalue weighted by molar-refractivity contribution is -0.0303. The summed E-state index contributed by atoms with van der Waals surface area (Å²) in [5.74, 6) is -0.652. The third kappa shape index (κ3) is 2.02. The topological polar surface area (TPSA) is 42.4 Å². The first-order valence-electron chi connectivity index (χ1n) is 5.78. The van der Waals surface area contributed by atoms with E-state index in [0.717, 1.165) is 12.8 Å². The van der Waals surface area contributed by atoms with E-state index in [0.29, 0.717) is 18.7 Å². The molecule has 2 unspecified atom stereocenters. The first-order valence-corrected chi connectivity index (χ1v) is 5.78. The van der Waals surface area contributed by atoms with Crippen molar-refractivity contribution < 1.29 is 13.9 Å². The van der Waals surface area contributed by atoms with Crippen molar-refractivity contribution in [2.24, 2.45) is 0 Å². The van der Waals surface area contributed by atoms with Gasteiger partial charge in [0.15, 0.2) is 0 Å². The van der Waals surface area contributed by atoms with Crippen molar-refractivity contribution in [2.75, 3.05) is 13.1 Å². The highest BCUT2D eigenvalue weighted by atomic mass is 19.1. The lowest BCUT2D eigenvalue weighted by Gasteiger charge is -2.32. The van der Waals surface area contributed by atoms with Crippen LogP contribution in [-0.2, 0) is 4.74 Å². The minimum atomic E-state index is -0.566. The number of amides is 1. The second kappa shape index (κ2) is 4.07. The van der Waals surface area contributed by atoms with Crippen molar-refractivity contribution in [3.8, 4) is 0 Å². The fourth-order valence-electron chi connectivity index (χ4n) is 2.47. The molecule has 0 radical (unpaired) electrons. The van der Waals surface area contributed by atoms with Crippen molar-refractivity contribution in [1.82, 2.24) is 9.88 Å². The molecule has 2 aliphatic heterocycles. The van der Waals surface area contributed by atoms with Crippen LogP contribution in [0.1, 0.15) is 23.2 Å². The Balaban J connectivity index is 1.76. The van der Waals surface area contributed by atoms with E-state index in [1.54, 1.807) is 4.90 Å². The Bertz CT molecular complexity index is 423. The van der Waals surface area contributed by atoms with Gasteiger partial charge in [-0.15, -0.1) is 0 Å². The lowest BCUT2D eigenvalue weighted by Crippen LogP contribution is -2.45. The molecule has 2 fully saturated rings. The molecular formula is C12H13FN2O2. The monoisotopic (exact) mass is 236 g/mol. The van der Waals surface area contributed by atoms with Crippen LogP contribution in [0.15, 0.2) is 18.3 Å². The third-order valence-electron chi connectivity index (χ3n) is 3.31. The molecule has 1 amide bonds. The summed E-state index contributed by atoms with van der Waals surface area (Å²) in [7, 11) is 0. The molecule has 1 aromatic rings. The highest BCUT2D eigenvalue weighted by Crippen LogP contribution is 2.26. The van der Waals surface area contributed by atoms with Gasteiger partial charge < -0.3 is 9.64 Å². The van der Waals surface area contributed by atoms with Crippen LogP contribution in [0.2, 0.25) is 0 Å². The molecule has 0 saturated carbocycles. The maximum atomic E-state index is 12.7. The summed E-state index contributed by atoms with van der Waals surface area (Å²) in [5, 5.41) is 0. The van der Waals surface area contributed by atoms with E-state index in [-0.39, 0.29) is 18.1 Å². The maximum Gasteiger partial charge on any atom is 0.255 e. The van der Waals surface area contributed by atoms with Crippen LogP contribution in [-0.4, -0.2) is 41.1 Å². The Morgan fingerprint density at radius 3 is 2.65 bits per heavy atom. The quantitative estimate of drug-likeness (QED) is 0.689. The molecule has 1 aromatic heterocycles. The van der Waals surface area contributed by atoms with Gasteiger partial charge in [0, 0.05) is 19.3 Å². The van der Waals surface area contributed by atoms with Gasteiger partial charge in [0.2, 0.25) is 5.95 Å². The summed E-state index contributed by atoms with van der Waals surface area (Å²) >= 11 is 0. The van der Waals surface area contributed by atoms with E-state index >= 15 is 0 Å². The molecule has 90 valence electrons. The van der Waals surface area contributed by atoms with E-state index in [4.69, 9.17) is 4.74 Å². The Labute approximate surface area is 98.4 Å². The smallest absolute Gasteiger partial charge is 0.255 e. The molecule has 0 N–H and O–H groups in total. The molecule has 2 atom stereocenters. The number of aromatic nitrogens is 1. The van der Waals surface area contributed by atoms with Gasteiger partial charge in [-0.3, -0.25) is 4.79 Å². The van der Waals surface area contributed by atoms with Crippen molar-refractivity contribution in [2.45, 2.75) is 25.0 Å². The molecule has 2 bridgehead atoms. The number of morpholine rings is 1. The van der Waals surface area contributed by atoms with Gasteiger partial charge in [-0.1, -0.05) is 0 Å². The lowest BCUT2D eigenvalue weighted by atomic mass is 10.2. The third-order valence-corrected chi connectivity index (χ3v) is 3.31. The van der Waals surface area contributed by atoms with E-state index < -0.39 is 5.95 Å². The number of carbonyl (C=O) groups is 1. The first kappa shape index (κ1) is 10.7. The van der Waals surface area contributed by atoms with Crippen LogP contribution in [0.4, 0.5) is 4.39 Å². The largest absolute Gasteiger partial charge is 0.371 e. The zero-order valence-corrected chi connectivity index (χ0v) is 9.30. The number of hydrogen-bond donors (Lipinski definition) is 0. The number of hydrogen-bond acceptors (Lipinski definition) is 3. The summed E-state index contributed by atoms with van der Waals surface area (Å²) < 4.78 is 18.3. The Morgan fingerprint density at radius 1 is 1.35 bits per heavy atom. The van der Waals surface area contributed by atoms with E-state index in [1.165, 1.54) is 18.3 Å². The first-order chi connectivity index (χ1) is 8.22. The van der Waals surface area contributed by atoms with E-state index in [2.05, 4.69) is 4.98 Å². The molecule has 3 rings (SSSR count). The zero-order chi connectivity index (χ0) is 11.8. The van der Waals surface area contributed by atoms with Crippen molar-refractivity contribution >= 4 is 5.91 Å². The molecule has 2 aliphatic rings. The Morgan fingerprint density at radius 2 is 2.06 bits per heavy atom. The number of pyridine rings is 1. The summed E-state index contributed by atoms with van der Waals surface area (Å²) in [6.07, 6.45) is 3.68. The Hall–Kier alpha value is -1.49. The van der Waals surface area contributed by atoms with Crippen LogP contribution in [0, 0.1) is 5.95 Å². The summed E-state index contributed by atoms with van der Waals surface area (Å²) in [4.78, 5) is 17.4. The summed E-state index contributed by atoms with van der Waals surface area (Å²) in [6, 6.07) is 2.68. The van der Waals surface area contributed by atoms with Gasteiger partial charge in [0.1, 0.15) is 0 Å². The van der Waals surface area contributed by atoms with Gasteiger partial charge in [-0.25, -0.2) is 4.98 Å². The normalized spacial score (nSPS) is 27.2. The molecule has 17 heavy (non-hydrogen) atoms. The molecule has 0 aliphatic carbocycles. The van der Waals surface area contributed by atoms with Gasteiger partial charge in [0.25, 0.3) is 5.91 Å². The molecule has 0 aromatic carbocycles. The predicted molar refractivity (Wildman–Crippen MR) is 58.0 cm³/mol. The average Bonchev–Trinajstić information content (AvgIpc) is 2.68. The van der Waals surface area contributed by atoms with Gasteiger partial charge in [-0.05, 0) is 25.0 Å². The second-order valence-corrected chi connectivity index (χ2v) is 4.54. The number of halogens is 1. The van der Waals surface area contributed by atoms with Crippen molar-refractivity contribution in [3.05, 3.63) is 29.8 Å². The molecule has 3 heterocycles. The fourth-order valence-corrected chi connectivity index (χ4v) is 2.47. The predicted octanol–water partition coefficient (Wildman–Crippen LogP) is 1.22. The molecule has 5 heteroatoms. The summed E-state index contributed by atoms with van der Waals surface area (Å²) in [6.45, 7) is 1.26. The van der Waals surface area contributed by atoms with E-state index in [1.807, 2.05) is 0 Å². The van der Waals surface area contributed by atoms with Crippen LogP contribution in [0.25, 0.3) is 0 Å². The molecular weight excluding hydrogens is 223 g/mol. The molecule has 0 spiro atoms. The Kier molecular flexibility index (Phi) is 2.55. The minimum absolute atomic E-state index is 0.0855. The summed E-state index contributed by atoms with van der Waals surface area (Å²) in [5.41, 5.74) is 0.438.